The molecule has 0 amide bonds. The van der Waals surface area contributed by atoms with E-state index in [0.717, 1.165) is 13.0 Å². The third-order valence-corrected chi connectivity index (χ3v) is 1.95. The summed E-state index contributed by atoms with van der Waals surface area (Å²) >= 11 is 0. The van der Waals surface area contributed by atoms with Crippen molar-refractivity contribution in [3.63, 3.8) is 0 Å². The van der Waals surface area contributed by atoms with Crippen molar-refractivity contribution in [3.05, 3.63) is 0 Å². The summed E-state index contributed by atoms with van der Waals surface area (Å²) in [5.41, 5.74) is -0.0853. The Morgan fingerprint density at radius 3 is 2.67 bits per heavy atom. The minimum Gasteiger partial charge on any atom is -0.414 e. The minimum absolute atomic E-state index is 0.0853. The molecule has 1 aliphatic rings. The van der Waals surface area contributed by atoms with Crippen LogP contribution in [0.3, 0.4) is 0 Å². The van der Waals surface area contributed by atoms with Gasteiger partial charge in [0.2, 0.25) is 10.5 Å². The van der Waals surface area contributed by atoms with Crippen molar-refractivity contribution in [2.24, 2.45) is 0 Å². The van der Waals surface area contributed by atoms with Gasteiger partial charge >= 0.3 is 0 Å². The molecule has 3 radical (unpaired) electrons. The molecule has 2 nitrogen and oxygen atoms in total. The maximum atomic E-state index is 5.04. The lowest BCUT2D eigenvalue weighted by molar-refractivity contribution is 0.102. The number of hydrogen-bond donors (Lipinski definition) is 0. The lowest BCUT2D eigenvalue weighted by Gasteiger charge is -2.21. The van der Waals surface area contributed by atoms with Gasteiger partial charge in [-0.3, -0.25) is 0 Å². The molecule has 0 N–H and O–H groups in total. The van der Waals surface area contributed by atoms with Crippen LogP contribution in [0.1, 0.15) is 20.3 Å². The highest BCUT2D eigenvalue weighted by molar-refractivity contribution is 5.98. The average Bonchev–Trinajstić information content (AvgIpc) is 2.50. The summed E-state index contributed by atoms with van der Waals surface area (Å²) < 4.78 is 10.1. The SMILES string of the molecule is CC(C)(CC1CO1)O[Si]. The van der Waals surface area contributed by atoms with Gasteiger partial charge in [-0.2, -0.15) is 0 Å². The van der Waals surface area contributed by atoms with Gasteiger partial charge in [0.1, 0.15) is 0 Å². The first-order chi connectivity index (χ1) is 4.14. The fourth-order valence-corrected chi connectivity index (χ4v) is 0.859. The first-order valence-corrected chi connectivity index (χ1v) is 3.51. The van der Waals surface area contributed by atoms with Gasteiger partial charge in [0.05, 0.1) is 18.3 Å². The van der Waals surface area contributed by atoms with Crippen molar-refractivity contribution < 1.29 is 9.16 Å². The molecule has 1 rings (SSSR count). The van der Waals surface area contributed by atoms with Gasteiger partial charge in [0.15, 0.2) is 0 Å². The summed E-state index contributed by atoms with van der Waals surface area (Å²) in [7, 11) is 3.02. The summed E-state index contributed by atoms with van der Waals surface area (Å²) in [6.07, 6.45) is 1.41. The summed E-state index contributed by atoms with van der Waals surface area (Å²) in [5.74, 6) is 0. The van der Waals surface area contributed by atoms with E-state index in [9.17, 15) is 0 Å². The van der Waals surface area contributed by atoms with Crippen molar-refractivity contribution in [1.29, 1.82) is 0 Å². The van der Waals surface area contributed by atoms with E-state index >= 15 is 0 Å². The molecule has 0 aromatic heterocycles. The molecule has 1 aliphatic heterocycles. The van der Waals surface area contributed by atoms with Crippen LogP contribution in [0, 0.1) is 0 Å². The molecule has 3 heteroatoms. The van der Waals surface area contributed by atoms with Crippen LogP contribution in [-0.4, -0.2) is 28.8 Å². The van der Waals surface area contributed by atoms with E-state index in [-0.39, 0.29) is 5.60 Å². The van der Waals surface area contributed by atoms with E-state index in [1.807, 2.05) is 13.8 Å². The quantitative estimate of drug-likeness (QED) is 0.427. The van der Waals surface area contributed by atoms with Gasteiger partial charge in [-0.15, -0.1) is 0 Å². The lowest BCUT2D eigenvalue weighted by atomic mass is 10.0. The molecule has 1 atom stereocenters. The number of rotatable bonds is 3. The molecule has 0 spiro atoms. The minimum atomic E-state index is -0.0853. The van der Waals surface area contributed by atoms with Crippen molar-refractivity contribution >= 4 is 10.5 Å². The van der Waals surface area contributed by atoms with Gasteiger partial charge in [0.25, 0.3) is 0 Å². The van der Waals surface area contributed by atoms with Gasteiger partial charge in [-0.05, 0) is 13.8 Å². The van der Waals surface area contributed by atoms with Gasteiger partial charge < -0.3 is 9.16 Å². The molecule has 0 aromatic rings. The highest BCUT2D eigenvalue weighted by atomic mass is 28.2. The molecule has 0 aliphatic carbocycles. The van der Waals surface area contributed by atoms with Crippen LogP contribution in [0.25, 0.3) is 0 Å². The molecule has 9 heavy (non-hydrogen) atoms. The first kappa shape index (κ1) is 7.25. The Labute approximate surface area is 59.1 Å². The Balaban J connectivity index is 2.21. The molecule has 0 saturated carbocycles. The molecule has 0 bridgehead atoms. The van der Waals surface area contributed by atoms with Crippen LogP contribution < -0.4 is 0 Å². The van der Waals surface area contributed by atoms with E-state index in [1.165, 1.54) is 0 Å². The predicted octanol–water partition coefficient (Wildman–Crippen LogP) is 0.654. The summed E-state index contributed by atoms with van der Waals surface area (Å²) in [6, 6.07) is 0. The van der Waals surface area contributed by atoms with Crippen molar-refractivity contribution in [1.82, 2.24) is 0 Å². The van der Waals surface area contributed by atoms with Crippen molar-refractivity contribution in [2.45, 2.75) is 32.0 Å². The molecular formula is C6H11O2Si. The zero-order chi connectivity index (χ0) is 6.91. The zero-order valence-electron chi connectivity index (χ0n) is 5.81. The van der Waals surface area contributed by atoms with Gasteiger partial charge in [-0.25, -0.2) is 0 Å². The van der Waals surface area contributed by atoms with Gasteiger partial charge in [0, 0.05) is 6.42 Å². The Morgan fingerprint density at radius 1 is 1.78 bits per heavy atom. The van der Waals surface area contributed by atoms with E-state index in [2.05, 4.69) is 10.5 Å². The van der Waals surface area contributed by atoms with E-state index in [4.69, 9.17) is 9.16 Å². The molecular weight excluding hydrogens is 132 g/mol. The number of epoxide rings is 1. The highest BCUT2D eigenvalue weighted by Gasteiger charge is 2.30. The van der Waals surface area contributed by atoms with Crippen LogP contribution in [0.2, 0.25) is 0 Å². The smallest absolute Gasteiger partial charge is 0.246 e. The maximum absolute atomic E-state index is 5.04. The largest absolute Gasteiger partial charge is 0.414 e. The lowest BCUT2D eigenvalue weighted by Crippen LogP contribution is -2.25. The summed E-state index contributed by atoms with van der Waals surface area (Å²) in [4.78, 5) is 0. The molecule has 1 unspecified atom stereocenters. The van der Waals surface area contributed by atoms with E-state index in [1.54, 1.807) is 0 Å². The average molecular weight is 143 g/mol. The van der Waals surface area contributed by atoms with Crippen LogP contribution in [-0.2, 0) is 9.16 Å². The predicted molar refractivity (Wildman–Crippen MR) is 35.3 cm³/mol. The molecule has 1 heterocycles. The summed E-state index contributed by atoms with van der Waals surface area (Å²) in [5, 5.41) is 0. The Kier molecular flexibility index (Phi) is 1.93. The second-order valence-corrected chi connectivity index (χ2v) is 3.23. The summed E-state index contributed by atoms with van der Waals surface area (Å²) in [6.45, 7) is 4.96. The van der Waals surface area contributed by atoms with Crippen molar-refractivity contribution in [2.75, 3.05) is 6.61 Å². The van der Waals surface area contributed by atoms with Crippen LogP contribution in [0.15, 0.2) is 0 Å². The topological polar surface area (TPSA) is 21.8 Å². The van der Waals surface area contributed by atoms with Gasteiger partial charge in [-0.1, -0.05) is 0 Å². The monoisotopic (exact) mass is 143 g/mol. The molecule has 1 saturated heterocycles. The molecule has 0 aromatic carbocycles. The molecule has 51 valence electrons. The fourth-order valence-electron chi connectivity index (χ4n) is 0.776. The van der Waals surface area contributed by atoms with Crippen LogP contribution in [0.5, 0.6) is 0 Å². The second kappa shape index (κ2) is 2.40. The number of hydrogen-bond acceptors (Lipinski definition) is 2. The Morgan fingerprint density at radius 2 is 2.33 bits per heavy atom. The van der Waals surface area contributed by atoms with Crippen LogP contribution in [0.4, 0.5) is 0 Å². The Bertz CT molecular complexity index is 99.2. The third kappa shape index (κ3) is 2.47. The van der Waals surface area contributed by atoms with Crippen LogP contribution >= 0.6 is 0 Å². The zero-order valence-corrected chi connectivity index (χ0v) is 6.81. The van der Waals surface area contributed by atoms with Crippen molar-refractivity contribution in [3.8, 4) is 0 Å². The normalized spacial score (nSPS) is 26.3. The van der Waals surface area contributed by atoms with E-state index in [0.29, 0.717) is 6.10 Å². The third-order valence-electron chi connectivity index (χ3n) is 1.40. The number of ether oxygens (including phenoxy) is 1. The highest BCUT2D eigenvalue weighted by Crippen LogP contribution is 2.23. The standard InChI is InChI=1S/C6H11O2Si/c1-6(2,8-9)3-5-4-7-5/h5H,3-4H2,1-2H3. The molecule has 1 fully saturated rings. The van der Waals surface area contributed by atoms with E-state index < -0.39 is 0 Å². The maximum Gasteiger partial charge on any atom is 0.246 e. The first-order valence-electron chi connectivity index (χ1n) is 3.10. The second-order valence-electron chi connectivity index (χ2n) is 3.02. The Hall–Kier alpha value is 0.137. The fraction of sp³-hybridized carbons (Fsp3) is 1.00.